The summed E-state index contributed by atoms with van der Waals surface area (Å²) in [5.41, 5.74) is 3.77. The van der Waals surface area contributed by atoms with Crippen molar-refractivity contribution in [3.63, 3.8) is 0 Å². The Labute approximate surface area is 124 Å². The van der Waals surface area contributed by atoms with E-state index < -0.39 is 0 Å². The second kappa shape index (κ2) is 7.10. The number of hydrogen-bond acceptors (Lipinski definition) is 4. The number of amidine groups is 1. The van der Waals surface area contributed by atoms with Crippen LogP contribution in [0.25, 0.3) is 0 Å². The predicted molar refractivity (Wildman–Crippen MR) is 91.2 cm³/mol. The molecule has 2 rings (SSSR count). The minimum atomic E-state index is 0.960. The molecule has 1 aromatic carbocycles. The van der Waals surface area contributed by atoms with Gasteiger partial charge in [0.25, 0.3) is 0 Å². The van der Waals surface area contributed by atoms with Crippen molar-refractivity contribution >= 4 is 40.1 Å². The van der Waals surface area contributed by atoms with E-state index in [1.165, 1.54) is 28.4 Å². The van der Waals surface area contributed by atoms with Gasteiger partial charge in [0.2, 0.25) is 0 Å². The normalized spacial score (nSPS) is 16.6. The summed E-state index contributed by atoms with van der Waals surface area (Å²) in [5.74, 6) is 2.43. The van der Waals surface area contributed by atoms with Gasteiger partial charge in [0.1, 0.15) is 0 Å². The first-order valence-electron chi connectivity index (χ1n) is 6.46. The highest BCUT2D eigenvalue weighted by Gasteiger charge is 2.16. The van der Waals surface area contributed by atoms with Crippen LogP contribution in [0.1, 0.15) is 5.56 Å². The zero-order valence-electron chi connectivity index (χ0n) is 11.8. The number of aryl methyl sites for hydroxylation is 1. The highest BCUT2D eigenvalue weighted by molar-refractivity contribution is 8.13. The average molecular weight is 295 g/mol. The van der Waals surface area contributed by atoms with Crippen LogP contribution in [0.3, 0.4) is 0 Å². The van der Waals surface area contributed by atoms with Gasteiger partial charge < -0.3 is 10.2 Å². The van der Waals surface area contributed by atoms with Crippen molar-refractivity contribution in [2.75, 3.05) is 48.1 Å². The average Bonchev–Trinajstić information content (AvgIpc) is 2.47. The molecule has 0 radical (unpaired) electrons. The summed E-state index contributed by atoms with van der Waals surface area (Å²) in [4.78, 5) is 6.75. The Morgan fingerprint density at radius 3 is 2.74 bits per heavy atom. The summed E-state index contributed by atoms with van der Waals surface area (Å²) in [6.07, 6.45) is 2.05. The van der Waals surface area contributed by atoms with Gasteiger partial charge in [0, 0.05) is 31.6 Å². The molecule has 0 spiro atoms. The molecule has 104 valence electrons. The molecule has 1 fully saturated rings. The zero-order valence-corrected chi connectivity index (χ0v) is 13.4. The number of nitrogens with one attached hydrogen (secondary N) is 1. The van der Waals surface area contributed by atoms with Crippen LogP contribution in [-0.4, -0.2) is 43.1 Å². The van der Waals surface area contributed by atoms with Crippen LogP contribution in [0.5, 0.6) is 0 Å². The fourth-order valence-electron chi connectivity index (χ4n) is 2.19. The number of para-hydroxylation sites is 1. The fourth-order valence-corrected chi connectivity index (χ4v) is 3.48. The lowest BCUT2D eigenvalue weighted by molar-refractivity contribution is 0.859. The molecule has 0 aliphatic carbocycles. The van der Waals surface area contributed by atoms with Crippen molar-refractivity contribution in [3.05, 3.63) is 23.8 Å². The first-order chi connectivity index (χ1) is 9.26. The summed E-state index contributed by atoms with van der Waals surface area (Å²) in [5, 5.41) is 4.44. The summed E-state index contributed by atoms with van der Waals surface area (Å²) < 4.78 is 0. The quantitative estimate of drug-likeness (QED) is 0.669. The Morgan fingerprint density at radius 1 is 1.37 bits per heavy atom. The van der Waals surface area contributed by atoms with Crippen molar-refractivity contribution in [3.8, 4) is 0 Å². The topological polar surface area (TPSA) is 27.6 Å². The first kappa shape index (κ1) is 14.6. The molecular weight excluding hydrogens is 274 g/mol. The first-order valence-corrected chi connectivity index (χ1v) is 8.84. The molecule has 3 nitrogen and oxygen atoms in total. The van der Waals surface area contributed by atoms with Crippen molar-refractivity contribution in [1.82, 2.24) is 0 Å². The molecule has 0 unspecified atom stereocenters. The van der Waals surface area contributed by atoms with Crippen molar-refractivity contribution in [2.45, 2.75) is 6.92 Å². The molecule has 1 heterocycles. The minimum absolute atomic E-state index is 0.960. The predicted octanol–water partition coefficient (Wildman–Crippen LogP) is 3.31. The van der Waals surface area contributed by atoms with Crippen LogP contribution in [-0.2, 0) is 0 Å². The second-order valence-corrected chi connectivity index (χ2v) is 6.45. The minimum Gasteiger partial charge on any atom is -0.368 e. The molecule has 5 heteroatoms. The fraction of sp³-hybridized carbons (Fsp3) is 0.500. The molecular formula is C14H21N3S2. The van der Waals surface area contributed by atoms with Crippen molar-refractivity contribution in [2.24, 2.45) is 4.99 Å². The Morgan fingerprint density at radius 2 is 2.11 bits per heavy atom. The van der Waals surface area contributed by atoms with E-state index in [0.717, 1.165) is 18.3 Å². The lowest BCUT2D eigenvalue weighted by atomic mass is 10.1. The van der Waals surface area contributed by atoms with Gasteiger partial charge in [0.15, 0.2) is 5.17 Å². The summed E-state index contributed by atoms with van der Waals surface area (Å²) in [6.45, 7) is 4.40. The molecule has 1 aliphatic rings. The van der Waals surface area contributed by atoms with Crippen LogP contribution < -0.4 is 10.2 Å². The van der Waals surface area contributed by atoms with Crippen LogP contribution >= 0.6 is 23.5 Å². The van der Waals surface area contributed by atoms with Gasteiger partial charge in [-0.1, -0.05) is 23.9 Å². The van der Waals surface area contributed by atoms with Gasteiger partial charge in [-0.25, -0.2) is 0 Å². The summed E-state index contributed by atoms with van der Waals surface area (Å²) >= 11 is 3.68. The number of aliphatic imine (C=N–C) groups is 1. The van der Waals surface area contributed by atoms with Crippen LogP contribution in [0.4, 0.5) is 11.4 Å². The molecule has 1 aromatic rings. The lowest BCUT2D eigenvalue weighted by Crippen LogP contribution is -2.33. The second-order valence-electron chi connectivity index (χ2n) is 4.43. The maximum atomic E-state index is 4.28. The number of nitrogens with zero attached hydrogens (tertiary/aromatic N) is 2. The van der Waals surface area contributed by atoms with Gasteiger partial charge in [-0.3, -0.25) is 4.99 Å². The van der Waals surface area contributed by atoms with E-state index in [-0.39, 0.29) is 0 Å². The van der Waals surface area contributed by atoms with Gasteiger partial charge >= 0.3 is 0 Å². The maximum Gasteiger partial charge on any atom is 0.160 e. The van der Waals surface area contributed by atoms with Crippen LogP contribution in [0.15, 0.2) is 23.2 Å². The SMILES string of the molecule is CN=C(Nc1c(C)cccc1N1CCSCC1)SC. The van der Waals surface area contributed by atoms with E-state index in [9.17, 15) is 0 Å². The van der Waals surface area contributed by atoms with Gasteiger partial charge in [-0.2, -0.15) is 11.8 Å². The van der Waals surface area contributed by atoms with Gasteiger partial charge in [-0.05, 0) is 24.8 Å². The van der Waals surface area contributed by atoms with Crippen LogP contribution in [0.2, 0.25) is 0 Å². The monoisotopic (exact) mass is 295 g/mol. The Balaban J connectivity index is 2.29. The number of anilines is 2. The third kappa shape index (κ3) is 3.60. The van der Waals surface area contributed by atoms with Gasteiger partial charge in [0.05, 0.1) is 11.4 Å². The number of rotatable bonds is 2. The van der Waals surface area contributed by atoms with E-state index in [0.29, 0.717) is 0 Å². The van der Waals surface area contributed by atoms with Crippen molar-refractivity contribution < 1.29 is 0 Å². The Kier molecular flexibility index (Phi) is 5.45. The van der Waals surface area contributed by atoms with Crippen molar-refractivity contribution in [1.29, 1.82) is 0 Å². The van der Waals surface area contributed by atoms with Gasteiger partial charge in [-0.15, -0.1) is 0 Å². The van der Waals surface area contributed by atoms with Crippen LogP contribution in [0, 0.1) is 6.92 Å². The molecule has 0 bridgehead atoms. The maximum absolute atomic E-state index is 4.28. The molecule has 0 aromatic heterocycles. The molecule has 1 N–H and O–H groups in total. The zero-order chi connectivity index (χ0) is 13.7. The number of thioether (sulfide) groups is 2. The molecule has 0 amide bonds. The molecule has 0 saturated carbocycles. The molecule has 19 heavy (non-hydrogen) atoms. The standard InChI is InChI=1S/C14H21N3S2/c1-11-5-4-6-12(17-7-9-19-10-8-17)13(11)16-14(15-2)18-3/h4-6H,7-10H2,1-3H3,(H,15,16). The Hall–Kier alpha value is -0.810. The Bertz CT molecular complexity index is 454. The lowest BCUT2D eigenvalue weighted by Gasteiger charge is -2.31. The molecule has 0 atom stereocenters. The number of benzene rings is 1. The van der Waals surface area contributed by atoms with E-state index >= 15 is 0 Å². The number of hydrogen-bond donors (Lipinski definition) is 1. The highest BCUT2D eigenvalue weighted by atomic mass is 32.2. The molecule has 1 aliphatic heterocycles. The largest absolute Gasteiger partial charge is 0.368 e. The smallest absolute Gasteiger partial charge is 0.160 e. The summed E-state index contributed by atoms with van der Waals surface area (Å²) in [6, 6.07) is 6.50. The van der Waals surface area contributed by atoms with E-state index in [4.69, 9.17) is 0 Å². The molecule has 1 saturated heterocycles. The highest BCUT2D eigenvalue weighted by Crippen LogP contribution is 2.31. The summed E-state index contributed by atoms with van der Waals surface area (Å²) in [7, 11) is 1.83. The third-order valence-electron chi connectivity index (χ3n) is 3.23. The van der Waals surface area contributed by atoms with E-state index in [1.807, 2.05) is 25.1 Å². The van der Waals surface area contributed by atoms with E-state index in [2.05, 4.69) is 40.3 Å². The van der Waals surface area contributed by atoms with E-state index in [1.54, 1.807) is 11.8 Å². The third-order valence-corrected chi connectivity index (χ3v) is 4.84.